The van der Waals surface area contributed by atoms with Gasteiger partial charge in [0, 0.05) is 30.1 Å². The standard InChI is InChI=1S/C22H25NO2/c1-16-7-5-6-10-21(16)22(24)18-11-19-14-25-15-20(12-18)23(19)13-17-8-3-2-4-9-17/h2-10,18-20H,11-15H2,1H3. The Morgan fingerprint density at radius 1 is 1.00 bits per heavy atom. The summed E-state index contributed by atoms with van der Waals surface area (Å²) in [5, 5.41) is 0. The Bertz CT molecular complexity index is 729. The highest BCUT2D eigenvalue weighted by Crippen LogP contribution is 2.35. The molecule has 0 amide bonds. The molecule has 0 radical (unpaired) electrons. The van der Waals surface area contributed by atoms with Gasteiger partial charge in [-0.15, -0.1) is 0 Å². The van der Waals surface area contributed by atoms with Crippen LogP contribution in [0.4, 0.5) is 0 Å². The normalized spacial score (nSPS) is 26.4. The lowest BCUT2D eigenvalue weighted by atomic mass is 9.80. The minimum atomic E-state index is 0.118. The van der Waals surface area contributed by atoms with Gasteiger partial charge in [-0.25, -0.2) is 0 Å². The molecule has 2 saturated heterocycles. The average Bonchev–Trinajstić information content (AvgIpc) is 2.62. The predicted molar refractivity (Wildman–Crippen MR) is 98.6 cm³/mol. The number of rotatable bonds is 4. The fourth-order valence-electron chi connectivity index (χ4n) is 4.33. The van der Waals surface area contributed by atoms with Gasteiger partial charge < -0.3 is 4.74 Å². The number of hydrogen-bond acceptors (Lipinski definition) is 3. The smallest absolute Gasteiger partial charge is 0.166 e. The maximum Gasteiger partial charge on any atom is 0.166 e. The van der Waals surface area contributed by atoms with Crippen molar-refractivity contribution in [2.24, 2.45) is 5.92 Å². The number of aryl methyl sites for hydroxylation is 1. The summed E-state index contributed by atoms with van der Waals surface area (Å²) in [5.74, 6) is 0.432. The summed E-state index contributed by atoms with van der Waals surface area (Å²) in [5.41, 5.74) is 3.31. The zero-order valence-electron chi connectivity index (χ0n) is 14.7. The number of piperidine rings is 1. The summed E-state index contributed by atoms with van der Waals surface area (Å²) in [6.07, 6.45) is 1.80. The highest BCUT2D eigenvalue weighted by atomic mass is 16.5. The maximum absolute atomic E-state index is 13.1. The van der Waals surface area contributed by atoms with E-state index in [1.807, 2.05) is 31.2 Å². The molecule has 0 N–H and O–H groups in total. The SMILES string of the molecule is Cc1ccccc1C(=O)C1CC2COCC(C1)N2Cc1ccccc1. The Balaban J connectivity index is 1.51. The second kappa shape index (κ2) is 7.11. The van der Waals surface area contributed by atoms with Gasteiger partial charge in [-0.3, -0.25) is 9.69 Å². The van der Waals surface area contributed by atoms with Gasteiger partial charge in [0.05, 0.1) is 13.2 Å². The summed E-state index contributed by atoms with van der Waals surface area (Å²) < 4.78 is 5.81. The third-order valence-corrected chi connectivity index (χ3v) is 5.66. The molecule has 0 aromatic heterocycles. The summed E-state index contributed by atoms with van der Waals surface area (Å²) in [7, 11) is 0. The Morgan fingerprint density at radius 2 is 1.64 bits per heavy atom. The molecule has 3 nitrogen and oxygen atoms in total. The molecule has 4 rings (SSSR count). The number of hydrogen-bond donors (Lipinski definition) is 0. The van der Waals surface area contributed by atoms with Gasteiger partial charge in [-0.1, -0.05) is 54.6 Å². The highest BCUT2D eigenvalue weighted by molar-refractivity contribution is 5.99. The van der Waals surface area contributed by atoms with E-state index in [0.717, 1.165) is 43.7 Å². The molecule has 2 unspecified atom stereocenters. The largest absolute Gasteiger partial charge is 0.378 e. The lowest BCUT2D eigenvalue weighted by Crippen LogP contribution is -2.57. The molecule has 130 valence electrons. The summed E-state index contributed by atoms with van der Waals surface area (Å²) in [6, 6.07) is 19.2. The van der Waals surface area contributed by atoms with Crippen molar-refractivity contribution in [2.45, 2.75) is 38.4 Å². The van der Waals surface area contributed by atoms with Crippen LogP contribution in [0, 0.1) is 12.8 Å². The molecule has 0 saturated carbocycles. The highest BCUT2D eigenvalue weighted by Gasteiger charge is 2.41. The molecule has 25 heavy (non-hydrogen) atoms. The molecule has 2 atom stereocenters. The van der Waals surface area contributed by atoms with Gasteiger partial charge in [0.15, 0.2) is 5.78 Å². The van der Waals surface area contributed by atoms with E-state index in [1.54, 1.807) is 0 Å². The van der Waals surface area contributed by atoms with Crippen LogP contribution in [0.15, 0.2) is 54.6 Å². The topological polar surface area (TPSA) is 29.5 Å². The Labute approximate surface area is 149 Å². The number of carbonyl (C=O) groups excluding carboxylic acids is 1. The van der Waals surface area contributed by atoms with E-state index in [1.165, 1.54) is 5.56 Å². The minimum absolute atomic E-state index is 0.118. The van der Waals surface area contributed by atoms with Crippen molar-refractivity contribution < 1.29 is 9.53 Å². The average molecular weight is 335 g/mol. The van der Waals surface area contributed by atoms with E-state index in [2.05, 4.69) is 35.2 Å². The van der Waals surface area contributed by atoms with Crippen molar-refractivity contribution in [2.75, 3.05) is 13.2 Å². The number of ether oxygens (including phenoxy) is 1. The van der Waals surface area contributed by atoms with E-state index in [9.17, 15) is 4.79 Å². The lowest BCUT2D eigenvalue weighted by Gasteiger charge is -2.48. The number of benzene rings is 2. The van der Waals surface area contributed by atoms with Gasteiger partial charge in [0.25, 0.3) is 0 Å². The van der Waals surface area contributed by atoms with Gasteiger partial charge in [0.2, 0.25) is 0 Å². The van der Waals surface area contributed by atoms with Crippen molar-refractivity contribution in [1.29, 1.82) is 0 Å². The number of fused-ring (bicyclic) bond motifs is 2. The van der Waals surface area contributed by atoms with E-state index in [0.29, 0.717) is 17.9 Å². The van der Waals surface area contributed by atoms with Crippen molar-refractivity contribution >= 4 is 5.78 Å². The van der Waals surface area contributed by atoms with Gasteiger partial charge >= 0.3 is 0 Å². The Kier molecular flexibility index (Phi) is 4.69. The molecule has 2 aromatic rings. The second-order valence-corrected chi connectivity index (χ2v) is 7.35. The quantitative estimate of drug-likeness (QED) is 0.795. The monoisotopic (exact) mass is 335 g/mol. The van der Waals surface area contributed by atoms with Crippen LogP contribution in [0.1, 0.15) is 34.3 Å². The zero-order chi connectivity index (χ0) is 17.2. The first-order valence-corrected chi connectivity index (χ1v) is 9.19. The third kappa shape index (κ3) is 3.39. The van der Waals surface area contributed by atoms with Crippen LogP contribution in [0.3, 0.4) is 0 Å². The Hall–Kier alpha value is -1.97. The molecule has 2 aliphatic rings. The van der Waals surface area contributed by atoms with Gasteiger partial charge in [-0.2, -0.15) is 0 Å². The first kappa shape index (κ1) is 16.5. The molecule has 0 spiro atoms. The van der Waals surface area contributed by atoms with Crippen LogP contribution in [-0.4, -0.2) is 36.0 Å². The van der Waals surface area contributed by atoms with E-state index >= 15 is 0 Å². The number of Topliss-reactive ketones (excluding diaryl/α,β-unsaturated/α-hetero) is 1. The lowest BCUT2D eigenvalue weighted by molar-refractivity contribution is -0.0872. The van der Waals surface area contributed by atoms with E-state index in [-0.39, 0.29) is 5.92 Å². The van der Waals surface area contributed by atoms with E-state index < -0.39 is 0 Å². The molecular formula is C22H25NO2. The maximum atomic E-state index is 13.1. The summed E-state index contributed by atoms with van der Waals surface area (Å²) >= 11 is 0. The molecular weight excluding hydrogens is 310 g/mol. The van der Waals surface area contributed by atoms with Crippen LogP contribution in [0.25, 0.3) is 0 Å². The summed E-state index contributed by atoms with van der Waals surface area (Å²) in [6.45, 7) is 4.45. The van der Waals surface area contributed by atoms with Crippen molar-refractivity contribution in [3.05, 3.63) is 71.3 Å². The minimum Gasteiger partial charge on any atom is -0.378 e. The van der Waals surface area contributed by atoms with Crippen LogP contribution in [0.5, 0.6) is 0 Å². The fraction of sp³-hybridized carbons (Fsp3) is 0.409. The number of morpholine rings is 1. The van der Waals surface area contributed by atoms with E-state index in [4.69, 9.17) is 4.74 Å². The van der Waals surface area contributed by atoms with Crippen molar-refractivity contribution in [1.82, 2.24) is 4.90 Å². The van der Waals surface area contributed by atoms with Crippen LogP contribution >= 0.6 is 0 Å². The molecule has 0 aliphatic carbocycles. The molecule has 3 heteroatoms. The van der Waals surface area contributed by atoms with Crippen LogP contribution in [0.2, 0.25) is 0 Å². The predicted octanol–water partition coefficient (Wildman–Crippen LogP) is 3.86. The number of carbonyl (C=O) groups is 1. The molecule has 2 aromatic carbocycles. The first-order valence-electron chi connectivity index (χ1n) is 9.19. The van der Waals surface area contributed by atoms with Crippen LogP contribution < -0.4 is 0 Å². The molecule has 2 heterocycles. The zero-order valence-corrected chi connectivity index (χ0v) is 14.7. The molecule has 2 aliphatic heterocycles. The number of nitrogens with zero attached hydrogens (tertiary/aromatic N) is 1. The number of ketones is 1. The second-order valence-electron chi connectivity index (χ2n) is 7.35. The van der Waals surface area contributed by atoms with Crippen LogP contribution in [-0.2, 0) is 11.3 Å². The summed E-state index contributed by atoms with van der Waals surface area (Å²) in [4.78, 5) is 15.6. The van der Waals surface area contributed by atoms with Gasteiger partial charge in [0.1, 0.15) is 0 Å². The third-order valence-electron chi connectivity index (χ3n) is 5.66. The molecule has 2 fully saturated rings. The van der Waals surface area contributed by atoms with Crippen molar-refractivity contribution in [3.8, 4) is 0 Å². The first-order chi connectivity index (χ1) is 12.2. The Morgan fingerprint density at radius 3 is 2.32 bits per heavy atom. The fourth-order valence-corrected chi connectivity index (χ4v) is 4.33. The van der Waals surface area contributed by atoms with Gasteiger partial charge in [-0.05, 0) is 30.9 Å². The van der Waals surface area contributed by atoms with Crippen molar-refractivity contribution in [3.63, 3.8) is 0 Å². The molecule has 2 bridgehead atoms.